The van der Waals surface area contributed by atoms with Gasteiger partial charge in [-0.3, -0.25) is 9.59 Å². The molecule has 0 aliphatic heterocycles. The molecule has 11 nitrogen and oxygen atoms in total. The molecule has 2 aromatic rings. The Kier molecular flexibility index (Phi) is 21.3. The molecule has 2 aromatic carbocycles. The van der Waals surface area contributed by atoms with Crippen LogP contribution in [-0.4, -0.2) is 111 Å². The molecule has 0 saturated heterocycles. The first-order valence-corrected chi connectivity index (χ1v) is 15.2. The van der Waals surface area contributed by atoms with Gasteiger partial charge in [0.15, 0.2) is 0 Å². The molecule has 0 bridgehead atoms. The van der Waals surface area contributed by atoms with Crippen molar-refractivity contribution in [2.45, 2.75) is 33.0 Å². The van der Waals surface area contributed by atoms with E-state index in [0.29, 0.717) is 72.5 Å². The number of hydrogen-bond donors (Lipinski definition) is 0. The van der Waals surface area contributed by atoms with E-state index >= 15 is 0 Å². The van der Waals surface area contributed by atoms with Crippen LogP contribution in [0.2, 0.25) is 0 Å². The highest BCUT2D eigenvalue weighted by atomic mass is 16.6. The van der Waals surface area contributed by atoms with Gasteiger partial charge in [-0.25, -0.2) is 0 Å². The molecule has 0 amide bonds. The number of carbonyl (C=O) groups is 2. The summed E-state index contributed by atoms with van der Waals surface area (Å²) in [7, 11) is 0. The molecule has 0 saturated carbocycles. The molecule has 0 radical (unpaired) electrons. The fraction of sp³-hybridized carbons (Fsp3) is 0.576. The van der Waals surface area contributed by atoms with Gasteiger partial charge in [0.05, 0.1) is 85.2 Å². The van der Waals surface area contributed by atoms with E-state index in [9.17, 15) is 9.59 Å². The summed E-state index contributed by atoms with van der Waals surface area (Å²) < 4.78 is 43.6. The van der Waals surface area contributed by atoms with Gasteiger partial charge in [0, 0.05) is 18.8 Å². The Bertz CT molecular complexity index is 994. The van der Waals surface area contributed by atoms with Crippen molar-refractivity contribution < 1.29 is 47.5 Å². The maximum absolute atomic E-state index is 11.3. The van der Waals surface area contributed by atoms with E-state index in [1.807, 2.05) is 18.2 Å². The van der Waals surface area contributed by atoms with Crippen LogP contribution in [0.4, 0.5) is 5.69 Å². The first kappa shape index (κ1) is 37.1. The van der Waals surface area contributed by atoms with E-state index in [4.69, 9.17) is 33.2 Å². The Morgan fingerprint density at radius 2 is 1.41 bits per heavy atom. The summed E-state index contributed by atoms with van der Waals surface area (Å²) in [5, 5.41) is 0. The van der Waals surface area contributed by atoms with Gasteiger partial charge in [-0.05, 0) is 37.1 Å². The largest absolute Gasteiger partial charge is 0.467 e. The zero-order valence-electron chi connectivity index (χ0n) is 26.2. The predicted molar refractivity (Wildman–Crippen MR) is 166 cm³/mol. The topological polar surface area (TPSA) is 111 Å². The third-order valence-corrected chi connectivity index (χ3v) is 6.27. The molecule has 1 atom stereocenters. The second kappa shape index (κ2) is 25.3. The molecule has 2 rings (SSSR count). The number of aryl methyl sites for hydroxylation is 1. The monoisotopic (exact) mass is 619 g/mol. The normalized spacial score (nSPS) is 11.7. The maximum Gasteiger partial charge on any atom is 0.309 e. The minimum absolute atomic E-state index is 0.0132. The van der Waals surface area contributed by atoms with Crippen molar-refractivity contribution >= 4 is 18.1 Å². The molecule has 0 aromatic heterocycles. The highest BCUT2D eigenvalue weighted by Gasteiger charge is 2.15. The number of ether oxygens (including phenoxy) is 8. The molecule has 0 spiro atoms. The molecule has 0 aliphatic rings. The van der Waals surface area contributed by atoms with Crippen molar-refractivity contribution in [3.05, 3.63) is 65.7 Å². The van der Waals surface area contributed by atoms with Gasteiger partial charge >= 0.3 is 5.97 Å². The fourth-order valence-electron chi connectivity index (χ4n) is 4.04. The summed E-state index contributed by atoms with van der Waals surface area (Å²) in [6.45, 7) is 11.1. The van der Waals surface area contributed by atoms with Gasteiger partial charge in [-0.1, -0.05) is 42.5 Å². The van der Waals surface area contributed by atoms with Crippen LogP contribution < -0.4 is 4.90 Å². The van der Waals surface area contributed by atoms with Crippen molar-refractivity contribution in [1.82, 2.24) is 0 Å². The Hall–Kier alpha value is -3.06. The van der Waals surface area contributed by atoms with Crippen molar-refractivity contribution in [1.29, 1.82) is 0 Å². The lowest BCUT2D eigenvalue weighted by atomic mass is 10.2. The van der Waals surface area contributed by atoms with Gasteiger partial charge in [0.1, 0.15) is 13.2 Å². The van der Waals surface area contributed by atoms with Gasteiger partial charge in [0.2, 0.25) is 0 Å². The van der Waals surface area contributed by atoms with Crippen LogP contribution >= 0.6 is 0 Å². The minimum atomic E-state index is -0.439. The second-order valence-electron chi connectivity index (χ2n) is 9.76. The molecule has 0 N–H and O–H groups in total. The number of rotatable bonds is 28. The summed E-state index contributed by atoms with van der Waals surface area (Å²) in [5.41, 5.74) is 3.53. The number of esters is 1. The number of nitrogens with zero attached hydrogens (tertiary/aromatic N) is 1. The smallest absolute Gasteiger partial charge is 0.309 e. The van der Waals surface area contributed by atoms with Crippen molar-refractivity contribution in [2.24, 2.45) is 0 Å². The lowest BCUT2D eigenvalue weighted by Crippen LogP contribution is -2.37. The van der Waals surface area contributed by atoms with Crippen LogP contribution in [0.25, 0.3) is 0 Å². The molecular weight excluding hydrogens is 570 g/mol. The van der Waals surface area contributed by atoms with Gasteiger partial charge in [0.25, 0.3) is 6.47 Å². The van der Waals surface area contributed by atoms with Crippen LogP contribution in [0.1, 0.15) is 24.5 Å². The lowest BCUT2D eigenvalue weighted by Gasteiger charge is -2.29. The van der Waals surface area contributed by atoms with Gasteiger partial charge < -0.3 is 42.8 Å². The first-order valence-electron chi connectivity index (χ1n) is 15.2. The molecule has 11 heteroatoms. The highest BCUT2D eigenvalue weighted by Crippen LogP contribution is 2.17. The Morgan fingerprint density at radius 1 is 0.773 bits per heavy atom. The molecule has 1 unspecified atom stereocenters. The van der Waals surface area contributed by atoms with Crippen molar-refractivity contribution in [3.63, 3.8) is 0 Å². The fourth-order valence-corrected chi connectivity index (χ4v) is 4.04. The quantitative estimate of drug-likeness (QED) is 0.0792. The second-order valence-corrected chi connectivity index (χ2v) is 9.76. The summed E-state index contributed by atoms with van der Waals surface area (Å²) in [6.07, 6.45) is -0.0802. The SMILES string of the molecule is CCN(CC(COCc1ccccc1)OCCOCCOCCOCCOCCOC(=O)CCOC=O)c1cccc(C)c1. The van der Waals surface area contributed by atoms with Gasteiger partial charge in [-0.15, -0.1) is 0 Å². The molecule has 0 heterocycles. The van der Waals surface area contributed by atoms with E-state index in [1.165, 1.54) is 11.3 Å². The van der Waals surface area contributed by atoms with Crippen LogP contribution in [-0.2, 0) is 54.1 Å². The lowest BCUT2D eigenvalue weighted by molar-refractivity contribution is -0.147. The molecule has 246 valence electrons. The van der Waals surface area contributed by atoms with E-state index in [2.05, 4.69) is 59.9 Å². The van der Waals surface area contributed by atoms with E-state index < -0.39 is 5.97 Å². The average molecular weight is 620 g/mol. The third kappa shape index (κ3) is 18.6. The summed E-state index contributed by atoms with van der Waals surface area (Å²) >= 11 is 0. The van der Waals surface area contributed by atoms with E-state index in [1.54, 1.807) is 0 Å². The molecule has 0 aliphatic carbocycles. The summed E-state index contributed by atoms with van der Waals surface area (Å²) in [6, 6.07) is 18.6. The van der Waals surface area contributed by atoms with E-state index in [0.717, 1.165) is 18.7 Å². The first-order chi connectivity index (χ1) is 21.6. The Morgan fingerprint density at radius 3 is 2.02 bits per heavy atom. The van der Waals surface area contributed by atoms with Gasteiger partial charge in [-0.2, -0.15) is 0 Å². The highest BCUT2D eigenvalue weighted by molar-refractivity contribution is 5.69. The number of likely N-dealkylation sites (N-methyl/N-ethyl adjacent to an activating group) is 1. The molecular formula is C33H49NO10. The van der Waals surface area contributed by atoms with E-state index in [-0.39, 0.29) is 32.3 Å². The van der Waals surface area contributed by atoms with Crippen molar-refractivity contribution in [2.75, 3.05) is 97.3 Å². The number of hydrogen-bond acceptors (Lipinski definition) is 11. The summed E-state index contributed by atoms with van der Waals surface area (Å²) in [5.74, 6) is -0.439. The summed E-state index contributed by atoms with van der Waals surface area (Å²) in [4.78, 5) is 23.6. The van der Waals surface area contributed by atoms with Crippen LogP contribution in [0.3, 0.4) is 0 Å². The average Bonchev–Trinajstić information content (AvgIpc) is 3.03. The van der Waals surface area contributed by atoms with Crippen molar-refractivity contribution in [3.8, 4) is 0 Å². The Balaban J connectivity index is 1.51. The molecule has 0 fully saturated rings. The number of anilines is 1. The zero-order valence-corrected chi connectivity index (χ0v) is 26.2. The molecule has 44 heavy (non-hydrogen) atoms. The number of carbonyl (C=O) groups excluding carboxylic acids is 2. The van der Waals surface area contributed by atoms with Crippen LogP contribution in [0, 0.1) is 6.92 Å². The predicted octanol–water partition coefficient (Wildman–Crippen LogP) is 3.60. The third-order valence-electron chi connectivity index (χ3n) is 6.27. The zero-order chi connectivity index (χ0) is 31.5. The maximum atomic E-state index is 11.3. The van der Waals surface area contributed by atoms with Crippen LogP contribution in [0.15, 0.2) is 54.6 Å². The minimum Gasteiger partial charge on any atom is -0.467 e. The van der Waals surface area contributed by atoms with Crippen LogP contribution in [0.5, 0.6) is 0 Å². The number of benzene rings is 2. The Labute approximate surface area is 261 Å². The standard InChI is InChI=1S/C33H49NO10/c1-3-34(31-11-7-8-29(2)24-31)25-32(27-42-26-30-9-5-4-6-10-30)43-22-20-39-18-16-37-14-15-38-17-19-40-21-23-44-33(36)12-13-41-28-35/h4-11,24,28,32H,3,12-23,25-27H2,1-2H3.